The van der Waals surface area contributed by atoms with Crippen molar-refractivity contribution in [1.82, 2.24) is 4.72 Å². The topological polar surface area (TPSA) is 79.8 Å². The molecule has 10 heteroatoms. The standard InChI is InChI=1S/C23H19Cl2IN3O3S/c24-16-6-3-7-17(25)15(16)13-27-23-28-22-20(9-4-10-21(22)33(30,31)29-23)32-19-8-2-1-5-14(19)18-11-12-26-18/h1-10,18H,11-13H2,(H2,27,28,29)/q-1. The van der Waals surface area contributed by atoms with Crippen LogP contribution in [0.5, 0.6) is 11.5 Å². The molecule has 0 amide bonds. The second kappa shape index (κ2) is 9.32. The van der Waals surface area contributed by atoms with E-state index in [4.69, 9.17) is 27.9 Å². The zero-order valence-corrected chi connectivity index (χ0v) is 21.7. The van der Waals surface area contributed by atoms with E-state index in [2.05, 4.69) is 21.1 Å². The van der Waals surface area contributed by atoms with E-state index < -0.39 is 10.0 Å². The summed E-state index contributed by atoms with van der Waals surface area (Å²) in [5, 5.41) is 4.01. The van der Waals surface area contributed by atoms with Gasteiger partial charge in [0.2, 0.25) is 0 Å². The Hall–Kier alpha value is -2.01. The quantitative estimate of drug-likeness (QED) is 0.342. The number of fused-ring (bicyclic) bond motifs is 1. The number of hydrogen-bond donors (Lipinski definition) is 2. The molecule has 2 aliphatic heterocycles. The average molecular weight is 615 g/mol. The second-order valence-electron chi connectivity index (χ2n) is 7.46. The van der Waals surface area contributed by atoms with E-state index in [1.54, 1.807) is 30.3 Å². The second-order valence-corrected chi connectivity index (χ2v) is 13.4. The van der Waals surface area contributed by atoms with Crippen molar-refractivity contribution in [3.63, 3.8) is 0 Å². The molecule has 0 aliphatic carbocycles. The van der Waals surface area contributed by atoms with Gasteiger partial charge in [-0.05, 0) is 12.1 Å². The van der Waals surface area contributed by atoms with Crippen LogP contribution in [0.2, 0.25) is 10.0 Å². The van der Waals surface area contributed by atoms with Gasteiger partial charge in [-0.2, -0.15) is 0 Å². The molecule has 0 aromatic heterocycles. The molecule has 33 heavy (non-hydrogen) atoms. The van der Waals surface area contributed by atoms with Crippen LogP contribution in [0.25, 0.3) is 0 Å². The van der Waals surface area contributed by atoms with Crippen LogP contribution in [-0.2, 0) is 16.6 Å². The van der Waals surface area contributed by atoms with Crippen molar-refractivity contribution in [2.45, 2.75) is 21.8 Å². The number of sulfonamides is 1. The van der Waals surface area contributed by atoms with Crippen molar-refractivity contribution in [1.29, 1.82) is 0 Å². The van der Waals surface area contributed by atoms with Crippen LogP contribution >= 0.6 is 23.2 Å². The Morgan fingerprint density at radius 2 is 1.70 bits per heavy atom. The first kappa shape index (κ1) is 22.8. The summed E-state index contributed by atoms with van der Waals surface area (Å²) in [5.74, 6) is 1.26. The summed E-state index contributed by atoms with van der Waals surface area (Å²) in [4.78, 5) is 4.48. The maximum absolute atomic E-state index is 12.9. The Bertz CT molecular complexity index is 1340. The fourth-order valence-electron chi connectivity index (χ4n) is 3.59. The van der Waals surface area contributed by atoms with Gasteiger partial charge in [-0.25, -0.2) is 0 Å². The van der Waals surface area contributed by atoms with E-state index in [0.717, 1.165) is 5.75 Å². The molecular formula is C23H19Cl2IN3O3S-. The molecular weight excluding hydrogens is 596 g/mol. The Kier molecular flexibility index (Phi) is 6.43. The first-order chi connectivity index (χ1) is 15.9. The van der Waals surface area contributed by atoms with Crippen molar-refractivity contribution in [3.8, 4) is 11.5 Å². The average Bonchev–Trinajstić information content (AvgIpc) is 2.74. The summed E-state index contributed by atoms with van der Waals surface area (Å²) in [7, 11) is -3.83. The predicted octanol–water partition coefficient (Wildman–Crippen LogP) is 2.58. The predicted molar refractivity (Wildman–Crippen MR) is 127 cm³/mol. The SMILES string of the molecule is O=S1(=O)NC(=NCc2c(Cl)cccc2Cl)Nc2c(Oc3ccccc3C3CC[I-]3)cccc21. The molecule has 6 nitrogen and oxygen atoms in total. The normalized spacial score (nSPS) is 19.9. The van der Waals surface area contributed by atoms with Crippen LogP contribution in [0.4, 0.5) is 5.69 Å². The van der Waals surface area contributed by atoms with Crippen molar-refractivity contribution in [2.75, 3.05) is 9.74 Å². The number of halogens is 3. The van der Waals surface area contributed by atoms with E-state index in [1.807, 2.05) is 18.2 Å². The Morgan fingerprint density at radius 3 is 2.42 bits per heavy atom. The van der Waals surface area contributed by atoms with Crippen LogP contribution in [-0.4, -0.2) is 18.8 Å². The molecule has 2 N–H and O–H groups in total. The maximum atomic E-state index is 12.9. The number of ether oxygens (including phenoxy) is 1. The number of hydrogen-bond acceptors (Lipinski definition) is 4. The molecule has 5 rings (SSSR count). The molecule has 2 heterocycles. The van der Waals surface area contributed by atoms with Crippen LogP contribution in [0, 0.1) is 0 Å². The number of alkyl halides is 2. The van der Waals surface area contributed by atoms with E-state index in [-0.39, 0.29) is 38.6 Å². The summed E-state index contributed by atoms with van der Waals surface area (Å²) in [6, 6.07) is 18.1. The molecule has 0 radical (unpaired) electrons. The summed E-state index contributed by atoms with van der Waals surface area (Å²) in [6.45, 7) is 0.107. The third kappa shape index (κ3) is 4.66. The van der Waals surface area contributed by atoms with Crippen molar-refractivity contribution >= 4 is 44.9 Å². The van der Waals surface area contributed by atoms with Gasteiger partial charge in [-0.15, -0.1) is 0 Å². The molecule has 1 unspecified atom stereocenters. The first-order valence-corrected chi connectivity index (χ1v) is 15.2. The Balaban J connectivity index is 1.48. The number of benzene rings is 3. The van der Waals surface area contributed by atoms with E-state index in [9.17, 15) is 8.42 Å². The summed E-state index contributed by atoms with van der Waals surface area (Å²) in [6.07, 6.45) is 1.18. The van der Waals surface area contributed by atoms with Crippen molar-refractivity contribution in [2.24, 2.45) is 4.99 Å². The van der Waals surface area contributed by atoms with Gasteiger partial charge in [-0.3, -0.25) is 0 Å². The fourth-order valence-corrected chi connectivity index (χ4v) is 7.50. The third-order valence-electron chi connectivity index (χ3n) is 5.34. The molecule has 3 aromatic rings. The molecule has 1 fully saturated rings. The van der Waals surface area contributed by atoms with E-state index in [1.165, 1.54) is 22.5 Å². The molecule has 3 aromatic carbocycles. The molecule has 0 bridgehead atoms. The van der Waals surface area contributed by atoms with Gasteiger partial charge in [0.1, 0.15) is 0 Å². The zero-order valence-electron chi connectivity index (χ0n) is 17.2. The third-order valence-corrected chi connectivity index (χ3v) is 11.0. The van der Waals surface area contributed by atoms with Gasteiger partial charge < -0.3 is 0 Å². The number of nitrogens with one attached hydrogen (secondary N) is 2. The monoisotopic (exact) mass is 614 g/mol. The van der Waals surface area contributed by atoms with Gasteiger partial charge in [0.25, 0.3) is 0 Å². The van der Waals surface area contributed by atoms with Crippen LogP contribution < -0.4 is 36.0 Å². The fraction of sp³-hybridized carbons (Fsp3) is 0.174. The van der Waals surface area contributed by atoms with E-state index in [0.29, 0.717) is 31.0 Å². The van der Waals surface area contributed by atoms with Gasteiger partial charge >= 0.3 is 172 Å². The van der Waals surface area contributed by atoms with Gasteiger partial charge in [0.05, 0.1) is 0 Å². The molecule has 2 aliphatic rings. The number of aliphatic imine (C=N–C) groups is 1. The number of para-hydroxylation sites is 2. The summed E-state index contributed by atoms with van der Waals surface area (Å²) >= 11 is 12.6. The van der Waals surface area contributed by atoms with Crippen LogP contribution in [0.1, 0.15) is 21.5 Å². The number of anilines is 1. The zero-order chi connectivity index (χ0) is 23.0. The van der Waals surface area contributed by atoms with E-state index >= 15 is 0 Å². The number of rotatable bonds is 5. The molecule has 172 valence electrons. The van der Waals surface area contributed by atoms with Crippen molar-refractivity contribution < 1.29 is 34.4 Å². The van der Waals surface area contributed by atoms with Crippen LogP contribution in [0.15, 0.2) is 70.6 Å². The molecule has 1 atom stereocenters. The van der Waals surface area contributed by atoms with Gasteiger partial charge in [-0.1, -0.05) is 29.3 Å². The molecule has 1 saturated heterocycles. The minimum atomic E-state index is -3.83. The summed E-state index contributed by atoms with van der Waals surface area (Å²) in [5.41, 5.74) is 2.15. The Labute approximate surface area is 212 Å². The van der Waals surface area contributed by atoms with Gasteiger partial charge in [0.15, 0.2) is 0 Å². The van der Waals surface area contributed by atoms with Gasteiger partial charge in [0, 0.05) is 0 Å². The minimum absolute atomic E-state index is 0.0766. The van der Waals surface area contributed by atoms with Crippen LogP contribution in [0.3, 0.4) is 0 Å². The van der Waals surface area contributed by atoms with Crippen molar-refractivity contribution in [3.05, 3.63) is 81.8 Å². The Morgan fingerprint density at radius 1 is 1.00 bits per heavy atom. The summed E-state index contributed by atoms with van der Waals surface area (Å²) < 4.78 is 36.5. The first-order valence-electron chi connectivity index (χ1n) is 10.2. The number of guanidine groups is 1. The molecule has 0 saturated carbocycles. The number of nitrogens with zero attached hydrogens (tertiary/aromatic N) is 1. The molecule has 0 spiro atoms.